The van der Waals surface area contributed by atoms with Gasteiger partial charge in [-0.1, -0.05) is 6.07 Å². The molecule has 8 heteroatoms. The van der Waals surface area contributed by atoms with Crippen LogP contribution in [0.1, 0.15) is 59.4 Å². The Kier molecular flexibility index (Phi) is 8.83. The first-order valence-corrected chi connectivity index (χ1v) is 12.6. The Labute approximate surface area is 201 Å². The highest BCUT2D eigenvalue weighted by molar-refractivity contribution is 8.18. The van der Waals surface area contributed by atoms with Crippen LogP contribution < -0.4 is 9.47 Å². The van der Waals surface area contributed by atoms with E-state index in [9.17, 15) is 9.59 Å². The van der Waals surface area contributed by atoms with Gasteiger partial charge in [-0.15, -0.1) is 0 Å². The van der Waals surface area contributed by atoms with Gasteiger partial charge in [0.2, 0.25) is 0 Å². The number of aliphatic imine (C=N–C) groups is 1. The van der Waals surface area contributed by atoms with Gasteiger partial charge in [0.25, 0.3) is 11.8 Å². The summed E-state index contributed by atoms with van der Waals surface area (Å²) in [4.78, 5) is 34.0. The number of amidine groups is 1. The van der Waals surface area contributed by atoms with Crippen molar-refractivity contribution in [2.24, 2.45) is 4.99 Å². The van der Waals surface area contributed by atoms with Crippen LogP contribution in [-0.4, -0.2) is 65.2 Å². The van der Waals surface area contributed by atoms with Gasteiger partial charge in [0.15, 0.2) is 23.3 Å². The first-order valence-electron chi connectivity index (χ1n) is 11.8. The molecule has 1 aromatic carbocycles. The lowest BCUT2D eigenvalue weighted by molar-refractivity contribution is -0.137. The second-order valence-electron chi connectivity index (χ2n) is 8.77. The lowest BCUT2D eigenvalue weighted by Gasteiger charge is -2.30. The van der Waals surface area contributed by atoms with Crippen LogP contribution in [0.5, 0.6) is 11.5 Å². The maximum Gasteiger partial charge on any atom is 0.286 e. The molecule has 2 aliphatic heterocycles. The predicted molar refractivity (Wildman–Crippen MR) is 134 cm³/mol. The molecule has 0 N–H and O–H groups in total. The van der Waals surface area contributed by atoms with Crippen LogP contribution in [0.2, 0.25) is 0 Å². The second kappa shape index (κ2) is 11.6. The number of carbonyl (C=O) groups is 2. The monoisotopic (exact) mass is 473 g/mol. The van der Waals surface area contributed by atoms with E-state index in [1.807, 2.05) is 57.7 Å². The summed E-state index contributed by atoms with van der Waals surface area (Å²) in [6.45, 7) is 12.2. The highest BCUT2D eigenvalue weighted by atomic mass is 32.2. The molecule has 180 valence electrons. The van der Waals surface area contributed by atoms with Crippen LogP contribution in [0.15, 0.2) is 28.1 Å². The third-order valence-corrected chi connectivity index (χ3v) is 6.60. The number of amides is 2. The van der Waals surface area contributed by atoms with Crippen molar-refractivity contribution in [3.05, 3.63) is 28.7 Å². The average Bonchev–Trinajstić information content (AvgIpc) is 3.13. The zero-order chi connectivity index (χ0) is 24.0. The molecule has 0 unspecified atom stereocenters. The Morgan fingerprint density at radius 3 is 2.45 bits per heavy atom. The molecular formula is C25H35N3O4S. The molecule has 2 heterocycles. The van der Waals surface area contributed by atoms with Crippen LogP contribution in [0, 0.1) is 0 Å². The molecule has 7 nitrogen and oxygen atoms in total. The molecule has 0 spiro atoms. The molecule has 33 heavy (non-hydrogen) atoms. The number of hydrogen-bond donors (Lipinski definition) is 0. The predicted octanol–water partition coefficient (Wildman–Crippen LogP) is 4.57. The van der Waals surface area contributed by atoms with E-state index in [1.165, 1.54) is 18.2 Å². The number of likely N-dealkylation sites (tertiary alicyclic amines) is 1. The number of thioether (sulfide) groups is 1. The van der Waals surface area contributed by atoms with E-state index in [-0.39, 0.29) is 30.5 Å². The smallest absolute Gasteiger partial charge is 0.286 e. The standard InChI is InChI=1S/C25H35N3O4S/c1-6-31-21-14-19(10-11-20(21)32-16-23(29)28(17(2)3)18(4)5)15-22-24(30)26-25(33-22)27-12-8-7-9-13-27/h10-11,14-15,17-18H,6-9,12-13,16H2,1-5H3/b22-15-. The second-order valence-corrected chi connectivity index (χ2v) is 9.78. The third-order valence-electron chi connectivity index (χ3n) is 5.55. The molecule has 2 amide bonds. The quantitative estimate of drug-likeness (QED) is 0.515. The molecule has 1 fully saturated rings. The first-order chi connectivity index (χ1) is 15.8. The average molecular weight is 474 g/mol. The van der Waals surface area contributed by atoms with Crippen molar-refractivity contribution < 1.29 is 19.1 Å². The maximum atomic E-state index is 12.7. The number of ether oxygens (including phenoxy) is 2. The number of piperidine rings is 1. The number of nitrogens with zero attached hydrogens (tertiary/aromatic N) is 3. The summed E-state index contributed by atoms with van der Waals surface area (Å²) >= 11 is 1.43. The van der Waals surface area contributed by atoms with E-state index in [2.05, 4.69) is 9.89 Å². The van der Waals surface area contributed by atoms with Gasteiger partial charge >= 0.3 is 0 Å². The number of hydrogen-bond acceptors (Lipinski definition) is 6. The molecular weight excluding hydrogens is 438 g/mol. The summed E-state index contributed by atoms with van der Waals surface area (Å²) in [5.41, 5.74) is 0.828. The number of benzene rings is 1. The molecule has 0 aliphatic carbocycles. The zero-order valence-electron chi connectivity index (χ0n) is 20.3. The van der Waals surface area contributed by atoms with Crippen molar-refractivity contribution in [3.8, 4) is 11.5 Å². The number of carbonyl (C=O) groups excluding carboxylic acids is 2. The SMILES string of the molecule is CCOc1cc(/C=C2\SC(N3CCCCC3)=NC2=O)ccc1OCC(=O)N(C(C)C)C(C)C. The van der Waals surface area contributed by atoms with Crippen LogP contribution in [0.3, 0.4) is 0 Å². The van der Waals surface area contributed by atoms with E-state index < -0.39 is 0 Å². The van der Waals surface area contributed by atoms with Gasteiger partial charge in [0.05, 0.1) is 11.5 Å². The van der Waals surface area contributed by atoms with Crippen LogP contribution in [-0.2, 0) is 9.59 Å². The topological polar surface area (TPSA) is 71.4 Å². The highest BCUT2D eigenvalue weighted by Crippen LogP contribution is 2.34. The number of rotatable bonds is 8. The van der Waals surface area contributed by atoms with Crippen LogP contribution in [0.25, 0.3) is 6.08 Å². The molecule has 0 bridgehead atoms. The van der Waals surface area contributed by atoms with E-state index >= 15 is 0 Å². The third kappa shape index (κ3) is 6.53. The first kappa shape index (κ1) is 25.1. The Bertz CT molecular complexity index is 912. The lowest BCUT2D eigenvalue weighted by atomic mass is 10.1. The largest absolute Gasteiger partial charge is 0.490 e. The minimum Gasteiger partial charge on any atom is -0.490 e. The van der Waals surface area contributed by atoms with Gasteiger partial charge in [-0.25, -0.2) is 0 Å². The Balaban J connectivity index is 1.71. The summed E-state index contributed by atoms with van der Waals surface area (Å²) in [7, 11) is 0. The highest BCUT2D eigenvalue weighted by Gasteiger charge is 2.27. The molecule has 3 rings (SSSR count). The zero-order valence-corrected chi connectivity index (χ0v) is 21.1. The van der Waals surface area contributed by atoms with Crippen LogP contribution in [0.4, 0.5) is 0 Å². The van der Waals surface area contributed by atoms with Gasteiger partial charge in [-0.3, -0.25) is 9.59 Å². The van der Waals surface area contributed by atoms with Crippen molar-refractivity contribution in [2.75, 3.05) is 26.3 Å². The molecule has 2 aliphatic rings. The van der Waals surface area contributed by atoms with E-state index in [1.54, 1.807) is 6.07 Å². The van der Waals surface area contributed by atoms with Crippen LogP contribution >= 0.6 is 11.8 Å². The van der Waals surface area contributed by atoms with Crippen molar-refractivity contribution in [2.45, 2.75) is 66.0 Å². The molecule has 1 aromatic rings. The van der Waals surface area contributed by atoms with Gasteiger partial charge in [-0.2, -0.15) is 4.99 Å². The van der Waals surface area contributed by atoms with E-state index in [0.717, 1.165) is 36.7 Å². The summed E-state index contributed by atoms with van der Waals surface area (Å²) in [5, 5.41) is 0.800. The molecule has 0 radical (unpaired) electrons. The van der Waals surface area contributed by atoms with E-state index in [4.69, 9.17) is 9.47 Å². The Morgan fingerprint density at radius 2 is 1.82 bits per heavy atom. The maximum absolute atomic E-state index is 12.7. The van der Waals surface area contributed by atoms with Gasteiger partial charge in [0, 0.05) is 25.2 Å². The minimum atomic E-state index is -0.202. The Morgan fingerprint density at radius 1 is 1.12 bits per heavy atom. The fraction of sp³-hybridized carbons (Fsp3) is 0.560. The Hall–Kier alpha value is -2.48. The molecule has 1 saturated heterocycles. The summed E-state index contributed by atoms with van der Waals surface area (Å²) in [6, 6.07) is 5.69. The minimum absolute atomic E-state index is 0.0573. The summed E-state index contributed by atoms with van der Waals surface area (Å²) < 4.78 is 11.6. The molecule has 0 saturated carbocycles. The van der Waals surface area contributed by atoms with Crippen molar-refractivity contribution in [1.82, 2.24) is 9.80 Å². The van der Waals surface area contributed by atoms with Crippen molar-refractivity contribution in [3.63, 3.8) is 0 Å². The van der Waals surface area contributed by atoms with Crippen molar-refractivity contribution in [1.29, 1.82) is 0 Å². The normalized spacial score (nSPS) is 17.7. The van der Waals surface area contributed by atoms with E-state index in [0.29, 0.717) is 23.0 Å². The fourth-order valence-corrected chi connectivity index (χ4v) is 5.12. The van der Waals surface area contributed by atoms with Gasteiger partial charge < -0.3 is 19.3 Å². The molecule has 0 aromatic heterocycles. The fourth-order valence-electron chi connectivity index (χ4n) is 4.16. The lowest BCUT2D eigenvalue weighted by Crippen LogP contribution is -2.44. The van der Waals surface area contributed by atoms with Crippen molar-refractivity contribution >= 4 is 34.8 Å². The van der Waals surface area contributed by atoms with Gasteiger partial charge in [0.1, 0.15) is 0 Å². The summed E-state index contributed by atoms with van der Waals surface area (Å²) in [6.07, 6.45) is 5.35. The molecule has 0 atom stereocenters. The van der Waals surface area contributed by atoms with Gasteiger partial charge in [-0.05, 0) is 89.4 Å². The summed E-state index contributed by atoms with van der Waals surface area (Å²) in [5.74, 6) is 0.791.